The molecule has 1 aliphatic rings. The molecule has 1 fully saturated rings. The van der Waals surface area contributed by atoms with Gasteiger partial charge in [0, 0.05) is 37.4 Å². The highest BCUT2D eigenvalue weighted by molar-refractivity contribution is 7.80. The summed E-state index contributed by atoms with van der Waals surface area (Å²) in [6.07, 6.45) is 0. The number of likely N-dealkylation sites (N-methyl/N-ethyl adjacent to an activating group) is 1. The van der Waals surface area contributed by atoms with Crippen LogP contribution in [0.15, 0.2) is 42.5 Å². The van der Waals surface area contributed by atoms with Crippen LogP contribution < -0.4 is 14.8 Å². The smallest absolute Gasteiger partial charge is 0.262 e. The van der Waals surface area contributed by atoms with Crippen molar-refractivity contribution < 1.29 is 14.3 Å². The van der Waals surface area contributed by atoms with Gasteiger partial charge < -0.3 is 24.6 Å². The summed E-state index contributed by atoms with van der Waals surface area (Å²) in [6.45, 7) is 9.03. The van der Waals surface area contributed by atoms with E-state index in [2.05, 4.69) is 22.0 Å². The number of thiocarbonyl (C=S) groups is 1. The van der Waals surface area contributed by atoms with Crippen molar-refractivity contribution in [3.05, 3.63) is 53.6 Å². The van der Waals surface area contributed by atoms with Crippen molar-refractivity contribution in [1.82, 2.24) is 9.80 Å². The maximum absolute atomic E-state index is 12.2. The molecule has 0 radical (unpaired) electrons. The van der Waals surface area contributed by atoms with Gasteiger partial charge in [-0.1, -0.05) is 36.8 Å². The molecular formula is C23H29N3O3S. The molecule has 1 amide bonds. The second kappa shape index (κ2) is 10.4. The number of amides is 1. The van der Waals surface area contributed by atoms with Crippen molar-refractivity contribution in [3.63, 3.8) is 0 Å². The number of nitrogens with one attached hydrogen (secondary N) is 1. The van der Waals surface area contributed by atoms with Crippen molar-refractivity contribution in [1.29, 1.82) is 0 Å². The Morgan fingerprint density at radius 3 is 2.40 bits per heavy atom. The van der Waals surface area contributed by atoms with E-state index in [0.29, 0.717) is 11.5 Å². The molecule has 3 rings (SSSR count). The summed E-state index contributed by atoms with van der Waals surface area (Å²) in [7, 11) is 1.58. The molecule has 1 heterocycles. The number of hydrogen-bond donors (Lipinski definition) is 1. The average molecular weight is 428 g/mol. The highest BCUT2D eigenvalue weighted by Crippen LogP contribution is 2.29. The van der Waals surface area contributed by atoms with Gasteiger partial charge in [-0.2, -0.15) is 0 Å². The van der Waals surface area contributed by atoms with Gasteiger partial charge in [0.1, 0.15) is 4.99 Å². The van der Waals surface area contributed by atoms with E-state index in [1.54, 1.807) is 7.11 Å². The van der Waals surface area contributed by atoms with Gasteiger partial charge in [0.25, 0.3) is 5.91 Å². The highest BCUT2D eigenvalue weighted by atomic mass is 32.1. The number of methoxy groups -OCH3 is 1. The van der Waals surface area contributed by atoms with E-state index in [1.807, 2.05) is 49.4 Å². The summed E-state index contributed by atoms with van der Waals surface area (Å²) in [5, 5.41) is 2.82. The van der Waals surface area contributed by atoms with Crippen molar-refractivity contribution in [2.45, 2.75) is 13.8 Å². The molecule has 0 aromatic heterocycles. The van der Waals surface area contributed by atoms with E-state index in [4.69, 9.17) is 21.7 Å². The molecule has 7 heteroatoms. The number of hydrogen-bond acceptors (Lipinski definition) is 5. The molecule has 30 heavy (non-hydrogen) atoms. The molecule has 2 aromatic carbocycles. The number of rotatable bonds is 7. The number of anilines is 1. The van der Waals surface area contributed by atoms with Crippen LogP contribution in [-0.4, -0.2) is 67.1 Å². The summed E-state index contributed by atoms with van der Waals surface area (Å²) in [4.78, 5) is 17.7. The van der Waals surface area contributed by atoms with Gasteiger partial charge in [0.15, 0.2) is 18.1 Å². The fourth-order valence-electron chi connectivity index (χ4n) is 3.35. The topological polar surface area (TPSA) is 54.0 Å². The molecule has 0 unspecified atom stereocenters. The Morgan fingerprint density at radius 1 is 1.07 bits per heavy atom. The lowest BCUT2D eigenvalue weighted by Crippen LogP contribution is -2.48. The first-order chi connectivity index (χ1) is 14.5. The van der Waals surface area contributed by atoms with Crippen molar-refractivity contribution in [3.8, 4) is 11.5 Å². The summed E-state index contributed by atoms with van der Waals surface area (Å²) >= 11 is 5.70. The quantitative estimate of drug-likeness (QED) is 0.684. The zero-order chi connectivity index (χ0) is 21.5. The second-order valence-electron chi connectivity index (χ2n) is 7.29. The van der Waals surface area contributed by atoms with Crippen LogP contribution in [0, 0.1) is 6.92 Å². The molecule has 2 aromatic rings. The zero-order valence-electron chi connectivity index (χ0n) is 17.8. The van der Waals surface area contributed by atoms with Crippen molar-refractivity contribution >= 4 is 28.8 Å². The average Bonchev–Trinajstić information content (AvgIpc) is 2.78. The zero-order valence-corrected chi connectivity index (χ0v) is 18.6. The molecule has 0 aliphatic carbocycles. The van der Waals surface area contributed by atoms with E-state index < -0.39 is 0 Å². The van der Waals surface area contributed by atoms with E-state index >= 15 is 0 Å². The Kier molecular flexibility index (Phi) is 7.65. The molecular weight excluding hydrogens is 398 g/mol. The van der Waals surface area contributed by atoms with Gasteiger partial charge in [-0.3, -0.25) is 4.79 Å². The predicted molar refractivity (Wildman–Crippen MR) is 124 cm³/mol. The number of piperazine rings is 1. The van der Waals surface area contributed by atoms with Gasteiger partial charge in [-0.25, -0.2) is 0 Å². The fourth-order valence-corrected chi connectivity index (χ4v) is 3.66. The molecule has 0 saturated carbocycles. The molecule has 0 spiro atoms. The Bertz CT molecular complexity index is 878. The predicted octanol–water partition coefficient (Wildman–Crippen LogP) is 3.33. The standard InChI is InChI=1S/C23H29N3O3S/c1-4-25-11-13-26(14-12-25)23(30)18-7-10-20(21(15-18)28-3)29-16-22(27)24-19-8-5-17(2)6-9-19/h5-10,15H,4,11-14,16H2,1-3H3,(H,24,27). The van der Waals surface area contributed by atoms with Crippen LogP contribution in [0.2, 0.25) is 0 Å². The Hall–Kier alpha value is -2.64. The maximum Gasteiger partial charge on any atom is 0.262 e. The van der Waals surface area contributed by atoms with Crippen molar-refractivity contribution in [2.75, 3.05) is 51.8 Å². The third-order valence-electron chi connectivity index (χ3n) is 5.21. The lowest BCUT2D eigenvalue weighted by molar-refractivity contribution is -0.118. The molecule has 1 saturated heterocycles. The molecule has 0 bridgehead atoms. The Morgan fingerprint density at radius 2 is 1.77 bits per heavy atom. The van der Waals surface area contributed by atoms with Gasteiger partial charge in [-0.05, 0) is 43.8 Å². The number of aryl methyl sites for hydroxylation is 1. The van der Waals surface area contributed by atoms with Gasteiger partial charge in [0.2, 0.25) is 0 Å². The summed E-state index contributed by atoms with van der Waals surface area (Å²) in [5.74, 6) is 0.846. The summed E-state index contributed by atoms with van der Waals surface area (Å²) in [6, 6.07) is 13.2. The van der Waals surface area contributed by atoms with E-state index in [1.165, 1.54) is 0 Å². The third kappa shape index (κ3) is 5.70. The summed E-state index contributed by atoms with van der Waals surface area (Å²) in [5.41, 5.74) is 2.80. The number of carbonyl (C=O) groups is 1. The SMILES string of the molecule is CCN1CCN(C(=S)c2ccc(OCC(=O)Nc3ccc(C)cc3)c(OC)c2)CC1. The first kappa shape index (κ1) is 22.1. The van der Waals surface area contributed by atoms with Crippen LogP contribution in [0.4, 0.5) is 5.69 Å². The van der Waals surface area contributed by atoms with E-state index in [9.17, 15) is 4.79 Å². The van der Waals surface area contributed by atoms with Crippen LogP contribution in [0.1, 0.15) is 18.1 Å². The monoisotopic (exact) mass is 427 g/mol. The van der Waals surface area contributed by atoms with Crippen LogP contribution >= 0.6 is 12.2 Å². The largest absolute Gasteiger partial charge is 0.493 e. The van der Waals surface area contributed by atoms with Crippen LogP contribution in [0.25, 0.3) is 0 Å². The highest BCUT2D eigenvalue weighted by Gasteiger charge is 2.20. The Balaban J connectivity index is 1.59. The summed E-state index contributed by atoms with van der Waals surface area (Å²) < 4.78 is 11.2. The van der Waals surface area contributed by atoms with Crippen LogP contribution in [0.5, 0.6) is 11.5 Å². The minimum absolute atomic E-state index is 0.104. The normalized spacial score (nSPS) is 14.3. The third-order valence-corrected chi connectivity index (χ3v) is 5.71. The number of carbonyl (C=O) groups excluding carboxylic acids is 1. The first-order valence-corrected chi connectivity index (χ1v) is 10.6. The minimum Gasteiger partial charge on any atom is -0.493 e. The number of nitrogens with zero attached hydrogens (tertiary/aromatic N) is 2. The number of ether oxygens (including phenoxy) is 2. The minimum atomic E-state index is -0.228. The van der Waals surface area contributed by atoms with Gasteiger partial charge in [-0.15, -0.1) is 0 Å². The fraction of sp³-hybridized carbons (Fsp3) is 0.391. The second-order valence-corrected chi connectivity index (χ2v) is 7.68. The molecule has 1 aliphatic heterocycles. The molecule has 160 valence electrons. The van der Waals surface area contributed by atoms with Gasteiger partial charge in [0.05, 0.1) is 7.11 Å². The molecule has 6 nitrogen and oxygen atoms in total. The lowest BCUT2D eigenvalue weighted by atomic mass is 10.1. The maximum atomic E-state index is 12.2. The molecule has 1 N–H and O–H groups in total. The van der Waals surface area contributed by atoms with Crippen LogP contribution in [0.3, 0.4) is 0 Å². The number of benzene rings is 2. The van der Waals surface area contributed by atoms with Crippen molar-refractivity contribution in [2.24, 2.45) is 0 Å². The lowest BCUT2D eigenvalue weighted by Gasteiger charge is -2.35. The van der Waals surface area contributed by atoms with E-state index in [0.717, 1.165) is 54.5 Å². The molecule has 0 atom stereocenters. The van der Waals surface area contributed by atoms with E-state index in [-0.39, 0.29) is 12.5 Å². The Labute approximate surface area is 183 Å². The van der Waals surface area contributed by atoms with Gasteiger partial charge >= 0.3 is 0 Å². The van der Waals surface area contributed by atoms with Crippen LogP contribution in [-0.2, 0) is 4.79 Å². The first-order valence-electron chi connectivity index (χ1n) is 10.2.